The minimum Gasteiger partial charge on any atom is -0.292 e. The molecule has 0 N–H and O–H groups in total. The van der Waals surface area contributed by atoms with Crippen LogP contribution >= 0.6 is 0 Å². The Bertz CT molecular complexity index is 866. The predicted octanol–water partition coefficient (Wildman–Crippen LogP) is 3.42. The zero-order valence-electron chi connectivity index (χ0n) is 12.4. The summed E-state index contributed by atoms with van der Waals surface area (Å²) in [5.74, 6) is 0. The molecule has 0 aromatic carbocycles. The van der Waals surface area contributed by atoms with Gasteiger partial charge in [-0.2, -0.15) is 0 Å². The van der Waals surface area contributed by atoms with E-state index >= 15 is 0 Å². The Morgan fingerprint density at radius 1 is 1.23 bits per heavy atom. The molecule has 0 aliphatic heterocycles. The van der Waals surface area contributed by atoms with E-state index in [-0.39, 0.29) is 5.56 Å². The SMILES string of the molecule is CC=CCCn1c(=O)c(-c2cccnc2)cc2cccnc21. The van der Waals surface area contributed by atoms with Crippen LogP contribution in [0, 0.1) is 0 Å². The quantitative estimate of drug-likeness (QED) is 0.692. The van der Waals surface area contributed by atoms with Crippen molar-refractivity contribution in [2.75, 3.05) is 0 Å². The molecule has 0 fully saturated rings. The number of fused-ring (bicyclic) bond motifs is 1. The van der Waals surface area contributed by atoms with E-state index in [0.717, 1.165) is 23.0 Å². The normalized spacial score (nSPS) is 11.3. The molecule has 0 unspecified atom stereocenters. The van der Waals surface area contributed by atoms with Gasteiger partial charge in [0.05, 0.1) is 0 Å². The van der Waals surface area contributed by atoms with Crippen molar-refractivity contribution in [2.24, 2.45) is 0 Å². The van der Waals surface area contributed by atoms with Gasteiger partial charge in [-0.3, -0.25) is 14.3 Å². The van der Waals surface area contributed by atoms with Crippen molar-refractivity contribution in [3.05, 3.63) is 71.4 Å². The first-order chi connectivity index (χ1) is 10.8. The highest BCUT2D eigenvalue weighted by atomic mass is 16.1. The van der Waals surface area contributed by atoms with Crippen molar-refractivity contribution in [1.29, 1.82) is 0 Å². The van der Waals surface area contributed by atoms with Crippen molar-refractivity contribution < 1.29 is 0 Å². The second-order valence-corrected chi connectivity index (χ2v) is 5.03. The first-order valence-electron chi connectivity index (χ1n) is 7.31. The van der Waals surface area contributed by atoms with Gasteiger partial charge in [-0.25, -0.2) is 4.98 Å². The Morgan fingerprint density at radius 2 is 2.09 bits per heavy atom. The van der Waals surface area contributed by atoms with Crippen LogP contribution in [0.25, 0.3) is 22.2 Å². The average Bonchev–Trinajstić information content (AvgIpc) is 2.57. The van der Waals surface area contributed by atoms with Crippen LogP contribution < -0.4 is 5.56 Å². The summed E-state index contributed by atoms with van der Waals surface area (Å²) in [7, 11) is 0. The molecule has 3 heterocycles. The van der Waals surface area contributed by atoms with Crippen LogP contribution in [0.3, 0.4) is 0 Å². The van der Waals surface area contributed by atoms with E-state index < -0.39 is 0 Å². The lowest BCUT2D eigenvalue weighted by Crippen LogP contribution is -2.22. The van der Waals surface area contributed by atoms with Gasteiger partial charge in [0.1, 0.15) is 5.65 Å². The standard InChI is InChI=1S/C18H17N3O/c1-2-3-4-11-21-17-14(7-6-10-20-17)12-16(18(21)22)15-8-5-9-19-13-15/h2-3,5-10,12-13H,4,11H2,1H3. The molecule has 0 spiro atoms. The predicted molar refractivity (Wildman–Crippen MR) is 88.7 cm³/mol. The Morgan fingerprint density at radius 3 is 2.86 bits per heavy atom. The van der Waals surface area contributed by atoms with E-state index in [1.807, 2.05) is 43.3 Å². The van der Waals surface area contributed by atoms with Crippen LogP contribution in [0.5, 0.6) is 0 Å². The van der Waals surface area contributed by atoms with Crippen LogP contribution in [0.4, 0.5) is 0 Å². The molecule has 4 heteroatoms. The van der Waals surface area contributed by atoms with Crippen molar-refractivity contribution >= 4 is 11.0 Å². The number of allylic oxidation sites excluding steroid dienone is 2. The maximum Gasteiger partial charge on any atom is 0.260 e. The molecule has 0 bridgehead atoms. The molecule has 3 rings (SSSR count). The van der Waals surface area contributed by atoms with Gasteiger partial charge in [-0.05, 0) is 37.6 Å². The van der Waals surface area contributed by atoms with Crippen LogP contribution in [-0.2, 0) is 6.54 Å². The second-order valence-electron chi connectivity index (χ2n) is 5.03. The van der Waals surface area contributed by atoms with Crippen molar-refractivity contribution in [1.82, 2.24) is 14.5 Å². The first-order valence-corrected chi connectivity index (χ1v) is 7.31. The third kappa shape index (κ3) is 2.68. The molecule has 0 aliphatic rings. The third-order valence-electron chi connectivity index (χ3n) is 3.58. The molecule has 0 aliphatic carbocycles. The monoisotopic (exact) mass is 291 g/mol. The summed E-state index contributed by atoms with van der Waals surface area (Å²) < 4.78 is 1.75. The van der Waals surface area contributed by atoms with Gasteiger partial charge >= 0.3 is 0 Å². The number of hydrogen-bond donors (Lipinski definition) is 0. The van der Waals surface area contributed by atoms with Gasteiger partial charge in [0.15, 0.2) is 0 Å². The number of rotatable bonds is 4. The Hall–Kier alpha value is -2.75. The fourth-order valence-electron chi connectivity index (χ4n) is 2.51. The molecule has 0 atom stereocenters. The van der Waals surface area contributed by atoms with E-state index in [0.29, 0.717) is 12.1 Å². The summed E-state index contributed by atoms with van der Waals surface area (Å²) in [6.45, 7) is 2.59. The third-order valence-corrected chi connectivity index (χ3v) is 3.58. The van der Waals surface area contributed by atoms with Gasteiger partial charge in [0.25, 0.3) is 5.56 Å². The fraction of sp³-hybridized carbons (Fsp3) is 0.167. The van der Waals surface area contributed by atoms with Crippen LogP contribution in [-0.4, -0.2) is 14.5 Å². The van der Waals surface area contributed by atoms with Gasteiger partial charge < -0.3 is 0 Å². The van der Waals surface area contributed by atoms with E-state index in [4.69, 9.17) is 0 Å². The zero-order valence-corrected chi connectivity index (χ0v) is 12.4. The zero-order chi connectivity index (χ0) is 15.4. The summed E-state index contributed by atoms with van der Waals surface area (Å²) in [5, 5.41) is 0.960. The number of nitrogens with zero attached hydrogens (tertiary/aromatic N) is 3. The van der Waals surface area contributed by atoms with Gasteiger partial charge in [-0.1, -0.05) is 18.2 Å². The highest BCUT2D eigenvalue weighted by Crippen LogP contribution is 2.19. The molecule has 22 heavy (non-hydrogen) atoms. The number of aromatic nitrogens is 3. The molecule has 3 aromatic heterocycles. The van der Waals surface area contributed by atoms with Crippen LogP contribution in [0.15, 0.2) is 65.9 Å². The summed E-state index contributed by atoms with van der Waals surface area (Å²) in [4.78, 5) is 21.3. The van der Waals surface area contributed by atoms with Gasteiger partial charge in [0.2, 0.25) is 0 Å². The van der Waals surface area contributed by atoms with Gasteiger partial charge in [0, 0.05) is 41.6 Å². The van der Waals surface area contributed by atoms with Crippen molar-refractivity contribution in [2.45, 2.75) is 19.9 Å². The molecule has 0 saturated heterocycles. The summed E-state index contributed by atoms with van der Waals surface area (Å²) in [6, 6.07) is 9.51. The second kappa shape index (κ2) is 6.35. The van der Waals surface area contributed by atoms with E-state index in [1.54, 1.807) is 23.2 Å². The molecule has 0 radical (unpaired) electrons. The number of pyridine rings is 3. The maximum atomic E-state index is 12.8. The van der Waals surface area contributed by atoms with E-state index in [2.05, 4.69) is 16.0 Å². The molecule has 4 nitrogen and oxygen atoms in total. The van der Waals surface area contributed by atoms with Crippen LogP contribution in [0.2, 0.25) is 0 Å². The lowest BCUT2D eigenvalue weighted by Gasteiger charge is -2.11. The minimum atomic E-state index is -0.0243. The molecule has 110 valence electrons. The van der Waals surface area contributed by atoms with Crippen LogP contribution in [0.1, 0.15) is 13.3 Å². The van der Waals surface area contributed by atoms with E-state index in [1.165, 1.54) is 0 Å². The summed E-state index contributed by atoms with van der Waals surface area (Å²) in [6.07, 6.45) is 9.99. The average molecular weight is 291 g/mol. The Kier molecular flexibility index (Phi) is 4.10. The topological polar surface area (TPSA) is 47.8 Å². The largest absolute Gasteiger partial charge is 0.292 e. The smallest absolute Gasteiger partial charge is 0.260 e. The molecule has 0 amide bonds. The first kappa shape index (κ1) is 14.2. The fourth-order valence-corrected chi connectivity index (χ4v) is 2.51. The Labute approximate surface area is 128 Å². The summed E-state index contributed by atoms with van der Waals surface area (Å²) >= 11 is 0. The lowest BCUT2D eigenvalue weighted by molar-refractivity contribution is 0.702. The highest BCUT2D eigenvalue weighted by Gasteiger charge is 2.11. The van der Waals surface area contributed by atoms with Gasteiger partial charge in [-0.15, -0.1) is 0 Å². The highest BCUT2D eigenvalue weighted by molar-refractivity contribution is 5.81. The summed E-state index contributed by atoms with van der Waals surface area (Å²) in [5.41, 5.74) is 2.19. The molecular formula is C18H17N3O. The molecule has 0 saturated carbocycles. The van der Waals surface area contributed by atoms with E-state index in [9.17, 15) is 4.79 Å². The van der Waals surface area contributed by atoms with Crippen molar-refractivity contribution in [3.8, 4) is 11.1 Å². The van der Waals surface area contributed by atoms with Crippen molar-refractivity contribution in [3.63, 3.8) is 0 Å². The minimum absolute atomic E-state index is 0.0243. The Balaban J connectivity index is 2.22. The molecular weight excluding hydrogens is 274 g/mol. The lowest BCUT2D eigenvalue weighted by atomic mass is 10.1. The number of aryl methyl sites for hydroxylation is 1. The maximum absolute atomic E-state index is 12.8. The number of hydrogen-bond acceptors (Lipinski definition) is 3. The molecule has 3 aromatic rings.